The first-order valence-corrected chi connectivity index (χ1v) is 5.17. The molecule has 7 heteroatoms. The van der Waals surface area contributed by atoms with E-state index in [-0.39, 0.29) is 17.4 Å². The van der Waals surface area contributed by atoms with Gasteiger partial charge in [0, 0.05) is 25.5 Å². The number of carboxylic acid groups (broad SMARTS) is 1. The molecule has 3 N–H and O–H groups in total. The van der Waals surface area contributed by atoms with Crippen LogP contribution < -0.4 is 10.6 Å². The minimum absolute atomic E-state index is 0.0411. The number of carbonyl (C=O) groups excluding carboxylic acids is 1. The van der Waals surface area contributed by atoms with Gasteiger partial charge in [-0.05, 0) is 6.42 Å². The summed E-state index contributed by atoms with van der Waals surface area (Å²) in [4.78, 5) is 31.4. The summed E-state index contributed by atoms with van der Waals surface area (Å²) in [7, 11) is 0. The van der Waals surface area contributed by atoms with Crippen molar-refractivity contribution in [3.8, 4) is 0 Å². The fourth-order valence-electron chi connectivity index (χ4n) is 1.77. The molecule has 0 spiro atoms. The number of aromatic carboxylic acids is 1. The number of rotatable bonds is 3. The molecule has 0 aromatic carbocycles. The highest BCUT2D eigenvalue weighted by atomic mass is 16.4. The zero-order chi connectivity index (χ0) is 12.4. The third-order valence-electron chi connectivity index (χ3n) is 2.76. The Hall–Kier alpha value is -2.18. The van der Waals surface area contributed by atoms with Crippen molar-refractivity contribution in [1.29, 1.82) is 0 Å². The zero-order valence-electron chi connectivity index (χ0n) is 9.04. The predicted octanol–water partition coefficient (Wildman–Crippen LogP) is -0.514. The summed E-state index contributed by atoms with van der Waals surface area (Å²) in [6.45, 7) is 1.14. The Morgan fingerprint density at radius 3 is 2.53 bits per heavy atom. The van der Waals surface area contributed by atoms with Crippen molar-refractivity contribution in [3.05, 3.63) is 18.0 Å². The lowest BCUT2D eigenvalue weighted by molar-refractivity contribution is -0.121. The van der Waals surface area contributed by atoms with Crippen molar-refractivity contribution in [1.82, 2.24) is 9.97 Å². The zero-order valence-corrected chi connectivity index (χ0v) is 9.04. The minimum atomic E-state index is -1.06. The van der Waals surface area contributed by atoms with E-state index in [2.05, 4.69) is 9.97 Å². The maximum atomic E-state index is 11.0. The molecule has 1 aromatic heterocycles. The summed E-state index contributed by atoms with van der Waals surface area (Å²) in [5.41, 5.74) is 5.26. The van der Waals surface area contributed by atoms with E-state index in [1.165, 1.54) is 12.4 Å². The van der Waals surface area contributed by atoms with Crippen LogP contribution in [0, 0.1) is 5.92 Å². The number of hydrogen-bond acceptors (Lipinski definition) is 5. The smallest absolute Gasteiger partial charge is 0.338 e. The van der Waals surface area contributed by atoms with E-state index in [0.29, 0.717) is 25.5 Å². The number of anilines is 1. The first-order valence-electron chi connectivity index (χ1n) is 5.17. The lowest BCUT2D eigenvalue weighted by Gasteiger charge is -2.15. The lowest BCUT2D eigenvalue weighted by Crippen LogP contribution is -2.28. The van der Waals surface area contributed by atoms with E-state index < -0.39 is 5.97 Å². The molecule has 1 aliphatic rings. The molecule has 1 aliphatic heterocycles. The Morgan fingerprint density at radius 1 is 1.41 bits per heavy atom. The fourth-order valence-corrected chi connectivity index (χ4v) is 1.77. The van der Waals surface area contributed by atoms with Gasteiger partial charge in [0.1, 0.15) is 0 Å². The van der Waals surface area contributed by atoms with E-state index in [9.17, 15) is 9.59 Å². The highest BCUT2D eigenvalue weighted by Gasteiger charge is 2.28. The van der Waals surface area contributed by atoms with Gasteiger partial charge >= 0.3 is 5.97 Å². The number of carbonyl (C=O) groups is 2. The molecule has 90 valence electrons. The van der Waals surface area contributed by atoms with E-state index >= 15 is 0 Å². The molecule has 2 heterocycles. The molecule has 1 saturated heterocycles. The number of carboxylic acids is 1. The summed E-state index contributed by atoms with van der Waals surface area (Å²) >= 11 is 0. The van der Waals surface area contributed by atoms with E-state index in [4.69, 9.17) is 10.8 Å². The maximum Gasteiger partial charge on any atom is 0.338 e. The van der Waals surface area contributed by atoms with E-state index in [1.54, 1.807) is 0 Å². The lowest BCUT2D eigenvalue weighted by atomic mass is 10.1. The second kappa shape index (κ2) is 4.36. The highest BCUT2D eigenvalue weighted by Crippen LogP contribution is 2.19. The van der Waals surface area contributed by atoms with Crippen LogP contribution in [0.3, 0.4) is 0 Å². The first kappa shape index (κ1) is 11.3. The molecule has 1 atom stereocenters. The number of primary amides is 1. The minimum Gasteiger partial charge on any atom is -0.478 e. The van der Waals surface area contributed by atoms with Crippen molar-refractivity contribution >= 4 is 17.8 Å². The highest BCUT2D eigenvalue weighted by molar-refractivity contribution is 5.86. The van der Waals surface area contributed by atoms with E-state index in [1.807, 2.05) is 4.90 Å². The summed E-state index contributed by atoms with van der Waals surface area (Å²) in [5.74, 6) is -1.14. The third-order valence-corrected chi connectivity index (χ3v) is 2.76. The second-order valence-electron chi connectivity index (χ2n) is 3.91. The van der Waals surface area contributed by atoms with Gasteiger partial charge in [-0.2, -0.15) is 0 Å². The van der Waals surface area contributed by atoms with Crippen LogP contribution in [0.2, 0.25) is 0 Å². The number of hydrogen-bond donors (Lipinski definition) is 2. The van der Waals surface area contributed by atoms with Crippen LogP contribution >= 0.6 is 0 Å². The van der Waals surface area contributed by atoms with Crippen LogP contribution in [0.25, 0.3) is 0 Å². The Morgan fingerprint density at radius 2 is 2.06 bits per heavy atom. The Balaban J connectivity index is 2.09. The molecular formula is C10H12N4O3. The van der Waals surface area contributed by atoms with Crippen LogP contribution in [-0.2, 0) is 4.79 Å². The molecule has 0 saturated carbocycles. The summed E-state index contributed by atoms with van der Waals surface area (Å²) in [6.07, 6.45) is 3.18. The summed E-state index contributed by atoms with van der Waals surface area (Å²) in [5, 5.41) is 8.70. The number of nitrogens with zero attached hydrogens (tertiary/aromatic N) is 3. The Kier molecular flexibility index (Phi) is 2.90. The molecule has 2 rings (SSSR count). The molecule has 7 nitrogen and oxygen atoms in total. The molecule has 0 radical (unpaired) electrons. The molecular weight excluding hydrogens is 224 g/mol. The van der Waals surface area contributed by atoms with Gasteiger partial charge in [0.25, 0.3) is 0 Å². The van der Waals surface area contributed by atoms with Gasteiger partial charge in [0.15, 0.2) is 0 Å². The SMILES string of the molecule is NC(=O)C1CCN(c2ncc(C(=O)O)cn2)C1. The van der Waals surface area contributed by atoms with Gasteiger partial charge in [-0.1, -0.05) is 0 Å². The van der Waals surface area contributed by atoms with Gasteiger partial charge < -0.3 is 15.7 Å². The van der Waals surface area contributed by atoms with Crippen molar-refractivity contribution in [2.45, 2.75) is 6.42 Å². The molecule has 1 unspecified atom stereocenters. The van der Waals surface area contributed by atoms with Crippen molar-refractivity contribution < 1.29 is 14.7 Å². The standard InChI is InChI=1S/C10H12N4O3/c11-8(15)6-1-2-14(5-6)10-12-3-7(4-13-10)9(16)17/h3-4,6H,1-2,5H2,(H2,11,15)(H,16,17). The summed E-state index contributed by atoms with van der Waals surface area (Å²) in [6, 6.07) is 0. The van der Waals surface area contributed by atoms with Gasteiger partial charge in [-0.3, -0.25) is 4.79 Å². The largest absolute Gasteiger partial charge is 0.478 e. The molecule has 1 amide bonds. The van der Waals surface area contributed by atoms with E-state index in [0.717, 1.165) is 0 Å². The molecule has 0 bridgehead atoms. The third kappa shape index (κ3) is 2.32. The van der Waals surface area contributed by atoms with Crippen LogP contribution in [-0.4, -0.2) is 40.0 Å². The summed E-state index contributed by atoms with van der Waals surface area (Å²) < 4.78 is 0. The molecule has 17 heavy (non-hydrogen) atoms. The van der Waals surface area contributed by atoms with Crippen molar-refractivity contribution in [3.63, 3.8) is 0 Å². The van der Waals surface area contributed by atoms with Crippen molar-refractivity contribution in [2.24, 2.45) is 11.7 Å². The second-order valence-corrected chi connectivity index (χ2v) is 3.91. The maximum absolute atomic E-state index is 11.0. The molecule has 0 aliphatic carbocycles. The Bertz CT molecular complexity index is 445. The Labute approximate surface area is 97.3 Å². The average molecular weight is 236 g/mol. The number of aromatic nitrogens is 2. The average Bonchev–Trinajstić information content (AvgIpc) is 2.78. The predicted molar refractivity (Wildman–Crippen MR) is 58.5 cm³/mol. The normalized spacial score (nSPS) is 19.3. The van der Waals surface area contributed by atoms with Crippen LogP contribution in [0.15, 0.2) is 12.4 Å². The number of amides is 1. The topological polar surface area (TPSA) is 109 Å². The fraction of sp³-hybridized carbons (Fsp3) is 0.400. The van der Waals surface area contributed by atoms with Gasteiger partial charge in [0.05, 0.1) is 11.5 Å². The van der Waals surface area contributed by atoms with Crippen molar-refractivity contribution in [2.75, 3.05) is 18.0 Å². The van der Waals surface area contributed by atoms with Gasteiger partial charge in [-0.15, -0.1) is 0 Å². The quantitative estimate of drug-likeness (QED) is 0.731. The monoisotopic (exact) mass is 236 g/mol. The van der Waals surface area contributed by atoms with Gasteiger partial charge in [0.2, 0.25) is 11.9 Å². The molecule has 1 fully saturated rings. The first-order chi connectivity index (χ1) is 8.08. The number of nitrogens with two attached hydrogens (primary N) is 1. The van der Waals surface area contributed by atoms with Gasteiger partial charge in [-0.25, -0.2) is 14.8 Å². The van der Waals surface area contributed by atoms with Crippen LogP contribution in [0.5, 0.6) is 0 Å². The molecule has 1 aromatic rings. The van der Waals surface area contributed by atoms with Crippen LogP contribution in [0.1, 0.15) is 16.8 Å². The van der Waals surface area contributed by atoms with Crippen LogP contribution in [0.4, 0.5) is 5.95 Å².